The molecule has 1 N–H and O–H groups in total. The minimum atomic E-state index is -0.00825. The van der Waals surface area contributed by atoms with Gasteiger partial charge in [-0.1, -0.05) is 74.7 Å². The van der Waals surface area contributed by atoms with Crippen molar-refractivity contribution in [2.75, 3.05) is 0 Å². The largest absolute Gasteiger partial charge is 0.457 e. The van der Waals surface area contributed by atoms with Gasteiger partial charge in [0.25, 0.3) is 0 Å². The van der Waals surface area contributed by atoms with Gasteiger partial charge in [-0.2, -0.15) is 0 Å². The molecule has 0 heterocycles. The van der Waals surface area contributed by atoms with Crippen LogP contribution in [0.1, 0.15) is 34.5 Å². The van der Waals surface area contributed by atoms with Gasteiger partial charge in [-0.25, -0.2) is 0 Å². The summed E-state index contributed by atoms with van der Waals surface area (Å²) in [5.41, 5.74) is 3.77. The zero-order valence-corrected chi connectivity index (χ0v) is 22.5. The molecule has 0 aromatic heterocycles. The van der Waals surface area contributed by atoms with Crippen LogP contribution in [0.4, 0.5) is 0 Å². The van der Waals surface area contributed by atoms with Crippen molar-refractivity contribution in [3.05, 3.63) is 116 Å². The number of carbonyl (C=O) groups is 1. The molecule has 0 amide bonds. The van der Waals surface area contributed by atoms with Gasteiger partial charge in [0.1, 0.15) is 23.0 Å². The standard InChI is InChI=1S/C14H13BrO2.C14H11BrO2.CH4.B/c2*1-10-2-4-12(5-3-10)17-13-6-7-14(15)11(8-13)9-16;;/h2-8,16H,9H2,1H3;2-9H,1H3;1H4;. The van der Waals surface area contributed by atoms with Crippen LogP contribution in [0.25, 0.3) is 0 Å². The number of ether oxygens (including phenoxy) is 2. The number of aldehydes is 1. The Balaban J connectivity index is 0.000000341. The van der Waals surface area contributed by atoms with Crippen LogP contribution in [0.5, 0.6) is 23.0 Å². The normalized spacial score (nSPS) is 9.58. The molecule has 0 saturated carbocycles. The Kier molecular flexibility index (Phi) is 13.2. The lowest BCUT2D eigenvalue weighted by Crippen LogP contribution is -1.89. The van der Waals surface area contributed by atoms with Crippen LogP contribution in [0, 0.1) is 13.8 Å². The first-order valence-corrected chi connectivity index (χ1v) is 12.1. The summed E-state index contributed by atoms with van der Waals surface area (Å²) in [6, 6.07) is 26.5. The number of aliphatic hydroxyl groups excluding tert-OH is 1. The topological polar surface area (TPSA) is 55.8 Å². The van der Waals surface area contributed by atoms with Gasteiger partial charge in [-0.3, -0.25) is 4.79 Å². The van der Waals surface area contributed by atoms with Crippen molar-refractivity contribution >= 4 is 46.6 Å². The van der Waals surface area contributed by atoms with Crippen LogP contribution in [0.3, 0.4) is 0 Å². The molecule has 0 unspecified atom stereocenters. The summed E-state index contributed by atoms with van der Waals surface area (Å²) in [5.74, 6) is 2.93. The van der Waals surface area contributed by atoms with Crippen LogP contribution in [-0.4, -0.2) is 19.8 Å². The predicted molar refractivity (Wildman–Crippen MR) is 155 cm³/mol. The van der Waals surface area contributed by atoms with Crippen molar-refractivity contribution in [3.63, 3.8) is 0 Å². The van der Waals surface area contributed by atoms with E-state index in [1.54, 1.807) is 12.1 Å². The fraction of sp³-hybridized carbons (Fsp3) is 0.138. The average molecular weight is 611 g/mol. The zero-order valence-electron chi connectivity index (χ0n) is 19.4. The second-order valence-electron chi connectivity index (χ2n) is 7.54. The minimum absolute atomic E-state index is 0. The van der Waals surface area contributed by atoms with E-state index in [2.05, 4.69) is 31.9 Å². The molecule has 0 saturated heterocycles. The highest BCUT2D eigenvalue weighted by Crippen LogP contribution is 2.27. The number of carbonyl (C=O) groups excluding carboxylic acids is 1. The van der Waals surface area contributed by atoms with Gasteiger partial charge in [0.05, 0.1) is 6.61 Å². The quantitative estimate of drug-likeness (QED) is 0.175. The Hall–Kier alpha value is -2.87. The van der Waals surface area contributed by atoms with Crippen molar-refractivity contribution in [2.45, 2.75) is 27.9 Å². The highest BCUT2D eigenvalue weighted by Gasteiger charge is 2.04. The van der Waals surface area contributed by atoms with E-state index in [0.29, 0.717) is 11.3 Å². The van der Waals surface area contributed by atoms with Crippen LogP contribution in [0.2, 0.25) is 0 Å². The fourth-order valence-corrected chi connectivity index (χ4v) is 3.61. The summed E-state index contributed by atoms with van der Waals surface area (Å²) in [5, 5.41) is 9.16. The third-order valence-corrected chi connectivity index (χ3v) is 6.29. The molecule has 185 valence electrons. The van der Waals surface area contributed by atoms with Crippen molar-refractivity contribution in [1.82, 2.24) is 0 Å². The van der Waals surface area contributed by atoms with Gasteiger partial charge in [-0.15, -0.1) is 0 Å². The van der Waals surface area contributed by atoms with Crippen LogP contribution in [0.15, 0.2) is 93.9 Å². The lowest BCUT2D eigenvalue weighted by Gasteiger charge is -2.08. The molecule has 36 heavy (non-hydrogen) atoms. The molecule has 4 aromatic carbocycles. The third kappa shape index (κ3) is 9.30. The van der Waals surface area contributed by atoms with Crippen LogP contribution in [-0.2, 0) is 6.61 Å². The van der Waals surface area contributed by atoms with Gasteiger partial charge in [-0.05, 0) is 80.1 Å². The molecule has 0 atom stereocenters. The van der Waals surface area contributed by atoms with Crippen molar-refractivity contribution in [3.8, 4) is 23.0 Å². The van der Waals surface area contributed by atoms with E-state index >= 15 is 0 Å². The molecule has 0 aliphatic carbocycles. The van der Waals surface area contributed by atoms with E-state index < -0.39 is 0 Å². The first-order valence-electron chi connectivity index (χ1n) is 10.5. The molecule has 0 aliphatic rings. The number of hydrogen-bond donors (Lipinski definition) is 1. The Morgan fingerprint density at radius 2 is 1.11 bits per heavy atom. The van der Waals surface area contributed by atoms with Crippen LogP contribution < -0.4 is 9.47 Å². The molecule has 0 aliphatic heterocycles. The molecule has 4 rings (SSSR count). The third-order valence-electron chi connectivity index (χ3n) is 4.80. The van der Waals surface area contributed by atoms with Gasteiger partial charge in [0, 0.05) is 22.9 Å². The maximum Gasteiger partial charge on any atom is 0.151 e. The molecule has 0 spiro atoms. The van der Waals surface area contributed by atoms with E-state index in [0.717, 1.165) is 38.0 Å². The first-order chi connectivity index (χ1) is 16.4. The van der Waals surface area contributed by atoms with Crippen molar-refractivity contribution < 1.29 is 19.4 Å². The number of aliphatic hydroxyl groups is 1. The lowest BCUT2D eigenvalue weighted by molar-refractivity contribution is 0.112. The SMILES string of the molecule is C.Cc1ccc(Oc2ccc(Br)c(C=O)c2)cc1.Cc1ccc(Oc2ccc(Br)c(CO)c2)cc1.[B]. The van der Waals surface area contributed by atoms with Crippen molar-refractivity contribution in [2.24, 2.45) is 0 Å². The van der Waals surface area contributed by atoms with Gasteiger partial charge in [0.2, 0.25) is 0 Å². The average Bonchev–Trinajstić information content (AvgIpc) is 2.85. The highest BCUT2D eigenvalue weighted by molar-refractivity contribution is 9.10. The number of halogens is 2. The Labute approximate surface area is 232 Å². The zero-order chi connectivity index (χ0) is 24.5. The summed E-state index contributed by atoms with van der Waals surface area (Å²) in [6.45, 7) is 4.05. The number of aryl methyl sites for hydroxylation is 2. The first kappa shape index (κ1) is 31.2. The minimum Gasteiger partial charge on any atom is -0.457 e. The van der Waals surface area contributed by atoms with Crippen LogP contribution >= 0.6 is 31.9 Å². The van der Waals surface area contributed by atoms with Gasteiger partial charge >= 0.3 is 0 Å². The van der Waals surface area contributed by atoms with E-state index in [1.165, 1.54) is 11.1 Å². The molecule has 3 radical (unpaired) electrons. The van der Waals surface area contributed by atoms with E-state index in [1.807, 2.05) is 86.6 Å². The van der Waals surface area contributed by atoms with E-state index in [-0.39, 0.29) is 22.4 Å². The molecular formula is C29H28BBr2O4. The summed E-state index contributed by atoms with van der Waals surface area (Å²) in [7, 11) is 0. The molecule has 4 nitrogen and oxygen atoms in total. The molecule has 0 bridgehead atoms. The number of benzene rings is 4. The summed E-state index contributed by atoms with van der Waals surface area (Å²) >= 11 is 6.67. The molecule has 7 heteroatoms. The second kappa shape index (κ2) is 15.3. The Morgan fingerprint density at radius 3 is 1.56 bits per heavy atom. The maximum atomic E-state index is 10.8. The lowest BCUT2D eigenvalue weighted by atomic mass is 10.2. The Bertz CT molecular complexity index is 1240. The number of hydrogen-bond acceptors (Lipinski definition) is 4. The molecular weight excluding hydrogens is 583 g/mol. The smallest absolute Gasteiger partial charge is 0.151 e. The maximum absolute atomic E-state index is 10.8. The molecule has 4 aromatic rings. The van der Waals surface area contributed by atoms with E-state index in [9.17, 15) is 4.79 Å². The van der Waals surface area contributed by atoms with Gasteiger partial charge in [0.15, 0.2) is 6.29 Å². The number of rotatable bonds is 6. The van der Waals surface area contributed by atoms with E-state index in [4.69, 9.17) is 14.6 Å². The molecule has 0 fully saturated rings. The summed E-state index contributed by atoms with van der Waals surface area (Å²) in [6.07, 6.45) is 0.798. The van der Waals surface area contributed by atoms with Gasteiger partial charge < -0.3 is 14.6 Å². The predicted octanol–water partition coefficient (Wildman–Crippen LogP) is 8.66. The Morgan fingerprint density at radius 1 is 0.694 bits per heavy atom. The van der Waals surface area contributed by atoms with Crippen molar-refractivity contribution in [1.29, 1.82) is 0 Å². The monoisotopic (exact) mass is 609 g/mol. The second-order valence-corrected chi connectivity index (χ2v) is 9.25. The summed E-state index contributed by atoms with van der Waals surface area (Å²) in [4.78, 5) is 10.8. The fourth-order valence-electron chi connectivity index (χ4n) is 2.90. The summed E-state index contributed by atoms with van der Waals surface area (Å²) < 4.78 is 13.0. The highest BCUT2D eigenvalue weighted by atomic mass is 79.9.